The van der Waals surface area contributed by atoms with E-state index in [1.807, 2.05) is 18.2 Å². The van der Waals surface area contributed by atoms with Crippen LogP contribution in [0.1, 0.15) is 0 Å². The zero-order valence-corrected chi connectivity index (χ0v) is 9.93. The van der Waals surface area contributed by atoms with Gasteiger partial charge in [-0.1, -0.05) is 0 Å². The van der Waals surface area contributed by atoms with Crippen molar-refractivity contribution in [2.75, 3.05) is 13.3 Å². The largest absolute Gasteiger partial charge is 0.490 e. The normalized spacial score (nSPS) is 9.92. The van der Waals surface area contributed by atoms with E-state index in [-0.39, 0.29) is 6.61 Å². The maximum Gasteiger partial charge on any atom is 0.133 e. The van der Waals surface area contributed by atoms with Gasteiger partial charge in [-0.2, -0.15) is 0 Å². The summed E-state index contributed by atoms with van der Waals surface area (Å²) < 4.78 is 18.8. The molecule has 0 aromatic heterocycles. The van der Waals surface area contributed by atoms with Gasteiger partial charge in [-0.05, 0) is 56.7 Å². The van der Waals surface area contributed by atoms with Gasteiger partial charge >= 0.3 is 0 Å². The van der Waals surface area contributed by atoms with E-state index in [4.69, 9.17) is 4.74 Å². The van der Waals surface area contributed by atoms with Crippen LogP contribution in [0.2, 0.25) is 0 Å². The second-order valence-corrected chi connectivity index (χ2v) is 4.21. The summed E-state index contributed by atoms with van der Waals surface area (Å²) in [5.41, 5.74) is 0. The molecule has 0 amide bonds. The van der Waals surface area contributed by atoms with E-state index < -0.39 is 6.67 Å². The highest BCUT2D eigenvalue weighted by atomic mass is 127. The molecule has 0 fully saturated rings. The van der Waals surface area contributed by atoms with Gasteiger partial charge in [-0.3, -0.25) is 0 Å². The van der Waals surface area contributed by atoms with Gasteiger partial charge in [0.15, 0.2) is 0 Å². The zero-order valence-electron chi connectivity index (χ0n) is 6.19. The molecule has 12 heavy (non-hydrogen) atoms. The number of halogens is 3. The molecule has 1 aromatic carbocycles. The Bertz CT molecular complexity index is 267. The molecule has 0 atom stereocenters. The topological polar surface area (TPSA) is 9.23 Å². The molecule has 1 aromatic rings. The van der Waals surface area contributed by atoms with Crippen LogP contribution in [0.4, 0.5) is 4.39 Å². The first kappa shape index (κ1) is 10.2. The van der Waals surface area contributed by atoms with Crippen molar-refractivity contribution in [3.8, 4) is 5.75 Å². The molecule has 0 aliphatic carbocycles. The van der Waals surface area contributed by atoms with Crippen LogP contribution in [-0.2, 0) is 0 Å². The molecule has 0 saturated carbocycles. The molecule has 0 spiro atoms. The third kappa shape index (κ3) is 2.90. The fraction of sp³-hybridized carbons (Fsp3) is 0.250. The lowest BCUT2D eigenvalue weighted by Gasteiger charge is -2.05. The van der Waals surface area contributed by atoms with E-state index in [1.165, 1.54) is 0 Å². The first-order valence-corrected chi connectivity index (χ1v) is 5.25. The van der Waals surface area contributed by atoms with Gasteiger partial charge in [0.2, 0.25) is 0 Å². The van der Waals surface area contributed by atoms with Crippen LogP contribution in [0.25, 0.3) is 0 Å². The average molecular weight is 345 g/mol. The summed E-state index contributed by atoms with van der Waals surface area (Å²) in [4.78, 5) is 0. The maximum absolute atomic E-state index is 11.7. The number of rotatable bonds is 3. The summed E-state index contributed by atoms with van der Waals surface area (Å²) in [5.74, 6) is 0.688. The van der Waals surface area contributed by atoms with Crippen LogP contribution in [0.15, 0.2) is 22.7 Å². The van der Waals surface area contributed by atoms with Crippen molar-refractivity contribution >= 4 is 38.5 Å². The summed E-state index contributed by atoms with van der Waals surface area (Å²) in [6.45, 7) is -0.350. The molecular weight excluding hydrogens is 338 g/mol. The smallest absolute Gasteiger partial charge is 0.133 e. The Labute approximate surface area is 92.6 Å². The Morgan fingerprint density at radius 2 is 2.25 bits per heavy atom. The van der Waals surface area contributed by atoms with E-state index in [1.54, 1.807) is 0 Å². The molecule has 0 radical (unpaired) electrons. The summed E-state index contributed by atoms with van der Waals surface area (Å²) in [7, 11) is 0. The number of hydrogen-bond acceptors (Lipinski definition) is 1. The highest BCUT2D eigenvalue weighted by molar-refractivity contribution is 14.1. The summed E-state index contributed by atoms with van der Waals surface area (Å²) in [6, 6.07) is 5.66. The van der Waals surface area contributed by atoms with E-state index in [2.05, 4.69) is 38.5 Å². The van der Waals surface area contributed by atoms with Crippen molar-refractivity contribution in [3.05, 3.63) is 26.2 Å². The van der Waals surface area contributed by atoms with Crippen molar-refractivity contribution in [1.29, 1.82) is 0 Å². The Kier molecular flexibility index (Phi) is 4.28. The second-order valence-electron chi connectivity index (χ2n) is 2.11. The van der Waals surface area contributed by atoms with Gasteiger partial charge in [0.25, 0.3) is 0 Å². The molecule has 1 rings (SSSR count). The Balaban J connectivity index is 2.72. The molecule has 0 N–H and O–H groups in total. The molecular formula is C8H7BrFIO. The van der Waals surface area contributed by atoms with Gasteiger partial charge in [-0.15, -0.1) is 0 Å². The van der Waals surface area contributed by atoms with Gasteiger partial charge < -0.3 is 4.74 Å². The van der Waals surface area contributed by atoms with Gasteiger partial charge in [-0.25, -0.2) is 4.39 Å². The standard InChI is InChI=1S/C8H7BrFIO/c9-7-5-6(11)1-2-8(7)12-4-3-10/h1-2,5H,3-4H2. The molecule has 0 bridgehead atoms. The molecule has 0 aliphatic heterocycles. The van der Waals surface area contributed by atoms with Gasteiger partial charge in [0, 0.05) is 3.57 Å². The quantitative estimate of drug-likeness (QED) is 0.764. The van der Waals surface area contributed by atoms with Crippen molar-refractivity contribution in [2.45, 2.75) is 0 Å². The monoisotopic (exact) mass is 344 g/mol. The van der Waals surface area contributed by atoms with Crippen molar-refractivity contribution < 1.29 is 9.13 Å². The molecule has 0 saturated heterocycles. The lowest BCUT2D eigenvalue weighted by Crippen LogP contribution is -1.99. The Morgan fingerprint density at radius 3 is 2.83 bits per heavy atom. The highest BCUT2D eigenvalue weighted by Gasteiger charge is 2.00. The minimum atomic E-state index is -0.460. The fourth-order valence-corrected chi connectivity index (χ4v) is 2.15. The predicted octanol–water partition coefficient (Wildman–Crippen LogP) is 3.40. The number of hydrogen-bond donors (Lipinski definition) is 0. The maximum atomic E-state index is 11.7. The summed E-state index contributed by atoms with van der Waals surface area (Å²) in [5, 5.41) is 0. The molecule has 0 aliphatic rings. The van der Waals surface area contributed by atoms with Crippen LogP contribution >= 0.6 is 38.5 Å². The lowest BCUT2D eigenvalue weighted by atomic mass is 10.3. The van der Waals surface area contributed by atoms with E-state index in [0.29, 0.717) is 5.75 Å². The summed E-state index contributed by atoms with van der Waals surface area (Å²) in [6.07, 6.45) is 0. The van der Waals surface area contributed by atoms with E-state index in [0.717, 1.165) is 8.04 Å². The van der Waals surface area contributed by atoms with E-state index in [9.17, 15) is 4.39 Å². The number of alkyl halides is 1. The average Bonchev–Trinajstić information content (AvgIpc) is 2.03. The molecule has 0 unspecified atom stereocenters. The predicted molar refractivity (Wildman–Crippen MR) is 58.3 cm³/mol. The van der Waals surface area contributed by atoms with Gasteiger partial charge in [0.1, 0.15) is 19.0 Å². The van der Waals surface area contributed by atoms with Crippen LogP contribution in [0, 0.1) is 3.57 Å². The van der Waals surface area contributed by atoms with Crippen LogP contribution < -0.4 is 4.74 Å². The first-order valence-electron chi connectivity index (χ1n) is 3.38. The molecule has 1 nitrogen and oxygen atoms in total. The van der Waals surface area contributed by atoms with Crippen LogP contribution in [-0.4, -0.2) is 13.3 Å². The highest BCUT2D eigenvalue weighted by Crippen LogP contribution is 2.26. The lowest BCUT2D eigenvalue weighted by molar-refractivity contribution is 0.272. The van der Waals surface area contributed by atoms with Crippen LogP contribution in [0.3, 0.4) is 0 Å². The van der Waals surface area contributed by atoms with Crippen molar-refractivity contribution in [1.82, 2.24) is 0 Å². The first-order chi connectivity index (χ1) is 5.74. The SMILES string of the molecule is FCCOc1ccc(I)cc1Br. The molecule has 4 heteroatoms. The van der Waals surface area contributed by atoms with E-state index >= 15 is 0 Å². The minimum absolute atomic E-state index is 0.110. The molecule has 66 valence electrons. The third-order valence-electron chi connectivity index (χ3n) is 1.23. The van der Waals surface area contributed by atoms with Crippen LogP contribution in [0.5, 0.6) is 5.75 Å². The fourth-order valence-electron chi connectivity index (χ4n) is 0.741. The number of benzene rings is 1. The molecule has 0 heterocycles. The zero-order chi connectivity index (χ0) is 8.97. The Morgan fingerprint density at radius 1 is 1.50 bits per heavy atom. The van der Waals surface area contributed by atoms with Crippen molar-refractivity contribution in [2.24, 2.45) is 0 Å². The minimum Gasteiger partial charge on any atom is -0.490 e. The summed E-state index contributed by atoms with van der Waals surface area (Å²) >= 11 is 5.53. The van der Waals surface area contributed by atoms with Crippen molar-refractivity contribution in [3.63, 3.8) is 0 Å². The number of ether oxygens (including phenoxy) is 1. The third-order valence-corrected chi connectivity index (χ3v) is 2.52. The van der Waals surface area contributed by atoms with Gasteiger partial charge in [0.05, 0.1) is 4.47 Å². The Hall–Kier alpha value is 0.160. The second kappa shape index (κ2) is 5.01.